The van der Waals surface area contributed by atoms with Crippen LogP contribution in [0.25, 0.3) is 0 Å². The number of carbonyl (C=O) groups excluding carboxylic acids is 2. The average Bonchev–Trinajstić information content (AvgIpc) is 2.38. The topological polar surface area (TPSA) is 55.8 Å². The third kappa shape index (κ3) is 3.32. The molecule has 2 rings (SSSR count). The standard InChI is InChI=1S/C15H23NO4/c1-3-19-14(17)8-13-11-6-5-7-12(13)10-16(9-11)15(18)20-4-2/h4,11-13H,2-3,5-10H2,1H3. The highest BCUT2D eigenvalue weighted by atomic mass is 16.5. The molecular weight excluding hydrogens is 258 g/mol. The van der Waals surface area contributed by atoms with Crippen LogP contribution in [0.2, 0.25) is 0 Å². The molecule has 2 unspecified atom stereocenters. The van der Waals surface area contributed by atoms with Gasteiger partial charge in [0.15, 0.2) is 0 Å². The Bertz CT molecular complexity index is 368. The Hall–Kier alpha value is -1.52. The van der Waals surface area contributed by atoms with Crippen LogP contribution in [0.4, 0.5) is 4.79 Å². The molecule has 1 saturated carbocycles. The predicted molar refractivity (Wildman–Crippen MR) is 73.8 cm³/mol. The number of hydrogen-bond donors (Lipinski definition) is 0. The fourth-order valence-electron chi connectivity index (χ4n) is 3.59. The second-order valence-electron chi connectivity index (χ2n) is 5.58. The number of piperidine rings is 1. The Labute approximate surface area is 119 Å². The molecule has 5 nitrogen and oxygen atoms in total. The lowest BCUT2D eigenvalue weighted by Gasteiger charge is -2.46. The van der Waals surface area contributed by atoms with Crippen LogP contribution in [0.15, 0.2) is 12.8 Å². The van der Waals surface area contributed by atoms with Crippen molar-refractivity contribution in [1.29, 1.82) is 0 Å². The van der Waals surface area contributed by atoms with Gasteiger partial charge in [0.2, 0.25) is 0 Å². The summed E-state index contributed by atoms with van der Waals surface area (Å²) in [5, 5.41) is 0. The zero-order valence-electron chi connectivity index (χ0n) is 12.0. The van der Waals surface area contributed by atoms with Crippen molar-refractivity contribution in [2.45, 2.75) is 32.6 Å². The van der Waals surface area contributed by atoms with Crippen molar-refractivity contribution >= 4 is 12.1 Å². The van der Waals surface area contributed by atoms with Crippen molar-refractivity contribution in [3.63, 3.8) is 0 Å². The molecule has 1 aliphatic carbocycles. The van der Waals surface area contributed by atoms with Crippen LogP contribution >= 0.6 is 0 Å². The lowest BCUT2D eigenvalue weighted by molar-refractivity contribution is -0.146. The number of likely N-dealkylation sites (tertiary alicyclic amines) is 1. The molecule has 0 N–H and O–H groups in total. The van der Waals surface area contributed by atoms with Crippen molar-refractivity contribution in [3.05, 3.63) is 12.8 Å². The van der Waals surface area contributed by atoms with Crippen LogP contribution in [0.5, 0.6) is 0 Å². The first-order valence-corrected chi connectivity index (χ1v) is 7.37. The Morgan fingerprint density at radius 3 is 2.50 bits per heavy atom. The quantitative estimate of drug-likeness (QED) is 0.587. The first-order valence-electron chi connectivity index (χ1n) is 7.37. The summed E-state index contributed by atoms with van der Waals surface area (Å²) in [5.74, 6) is 0.987. The summed E-state index contributed by atoms with van der Waals surface area (Å²) in [6.07, 6.45) is 4.64. The minimum Gasteiger partial charge on any atom is -0.466 e. The summed E-state index contributed by atoms with van der Waals surface area (Å²) >= 11 is 0. The molecule has 1 amide bonds. The molecule has 5 heteroatoms. The van der Waals surface area contributed by atoms with Crippen LogP contribution in [0.1, 0.15) is 32.6 Å². The lowest BCUT2D eigenvalue weighted by Crippen LogP contribution is -2.51. The second-order valence-corrected chi connectivity index (χ2v) is 5.58. The summed E-state index contributed by atoms with van der Waals surface area (Å²) < 4.78 is 9.93. The molecule has 0 aromatic carbocycles. The molecule has 0 aromatic heterocycles. The van der Waals surface area contributed by atoms with E-state index in [0.29, 0.717) is 43.9 Å². The summed E-state index contributed by atoms with van der Waals surface area (Å²) in [4.78, 5) is 25.3. The maximum atomic E-state index is 11.8. The smallest absolute Gasteiger partial charge is 0.414 e. The predicted octanol–water partition coefficient (Wildman–Crippen LogP) is 2.57. The molecule has 2 bridgehead atoms. The average molecular weight is 281 g/mol. The lowest BCUT2D eigenvalue weighted by atomic mass is 9.68. The summed E-state index contributed by atoms with van der Waals surface area (Å²) in [6, 6.07) is 0. The summed E-state index contributed by atoms with van der Waals surface area (Å²) in [7, 11) is 0. The van der Waals surface area contributed by atoms with Crippen molar-refractivity contribution in [1.82, 2.24) is 4.90 Å². The maximum Gasteiger partial charge on any atom is 0.414 e. The minimum absolute atomic E-state index is 0.114. The molecule has 0 aromatic rings. The van der Waals surface area contributed by atoms with Gasteiger partial charge in [-0.05, 0) is 37.5 Å². The van der Waals surface area contributed by atoms with E-state index >= 15 is 0 Å². The van der Waals surface area contributed by atoms with E-state index in [1.165, 1.54) is 12.7 Å². The van der Waals surface area contributed by atoms with Crippen molar-refractivity contribution in [2.24, 2.45) is 17.8 Å². The number of nitrogens with zero attached hydrogens (tertiary/aromatic N) is 1. The zero-order chi connectivity index (χ0) is 14.5. The highest BCUT2D eigenvalue weighted by Crippen LogP contribution is 2.41. The molecule has 0 radical (unpaired) electrons. The highest BCUT2D eigenvalue weighted by molar-refractivity contribution is 5.70. The monoisotopic (exact) mass is 281 g/mol. The number of rotatable bonds is 4. The molecule has 1 saturated heterocycles. The Balaban J connectivity index is 1.98. The van der Waals surface area contributed by atoms with Gasteiger partial charge in [-0.15, -0.1) is 0 Å². The molecule has 20 heavy (non-hydrogen) atoms. The molecule has 1 aliphatic heterocycles. The van der Waals surface area contributed by atoms with E-state index < -0.39 is 0 Å². The van der Waals surface area contributed by atoms with Crippen molar-refractivity contribution in [2.75, 3.05) is 19.7 Å². The summed E-state index contributed by atoms with van der Waals surface area (Å²) in [5.41, 5.74) is 0. The third-order valence-electron chi connectivity index (χ3n) is 4.42. The number of amides is 1. The van der Waals surface area contributed by atoms with E-state index in [1.54, 1.807) is 4.90 Å². The third-order valence-corrected chi connectivity index (χ3v) is 4.42. The van der Waals surface area contributed by atoms with E-state index in [0.717, 1.165) is 12.8 Å². The van der Waals surface area contributed by atoms with Gasteiger partial charge < -0.3 is 14.4 Å². The van der Waals surface area contributed by atoms with E-state index in [-0.39, 0.29) is 12.1 Å². The first kappa shape index (κ1) is 14.9. The molecular formula is C15H23NO4. The van der Waals surface area contributed by atoms with Crippen LogP contribution in [0.3, 0.4) is 0 Å². The summed E-state index contributed by atoms with van der Waals surface area (Å²) in [6.45, 7) is 7.01. The fraction of sp³-hybridized carbons (Fsp3) is 0.733. The number of hydrogen-bond acceptors (Lipinski definition) is 4. The van der Waals surface area contributed by atoms with Gasteiger partial charge in [-0.3, -0.25) is 4.79 Å². The molecule has 2 fully saturated rings. The SMILES string of the molecule is C=COC(=O)N1CC2CCCC(C1)C2CC(=O)OCC. The van der Waals surface area contributed by atoms with Crippen molar-refractivity contribution < 1.29 is 19.1 Å². The molecule has 0 spiro atoms. The maximum absolute atomic E-state index is 11.8. The number of fused-ring (bicyclic) bond motifs is 2. The molecule has 1 heterocycles. The highest BCUT2D eigenvalue weighted by Gasteiger charge is 2.42. The number of esters is 1. The largest absolute Gasteiger partial charge is 0.466 e. The molecule has 112 valence electrons. The van der Waals surface area contributed by atoms with Crippen LogP contribution in [-0.2, 0) is 14.3 Å². The van der Waals surface area contributed by atoms with Crippen molar-refractivity contribution in [3.8, 4) is 0 Å². The fourth-order valence-corrected chi connectivity index (χ4v) is 3.59. The van der Waals surface area contributed by atoms with E-state index in [2.05, 4.69) is 6.58 Å². The first-order chi connectivity index (χ1) is 9.65. The van der Waals surface area contributed by atoms with Crippen LogP contribution in [0, 0.1) is 17.8 Å². The van der Waals surface area contributed by atoms with Gasteiger partial charge in [-0.2, -0.15) is 0 Å². The second kappa shape index (κ2) is 6.77. The van der Waals surface area contributed by atoms with E-state index in [1.807, 2.05) is 6.92 Å². The van der Waals surface area contributed by atoms with Gasteiger partial charge in [-0.1, -0.05) is 13.0 Å². The van der Waals surface area contributed by atoms with Gasteiger partial charge in [0.25, 0.3) is 0 Å². The minimum atomic E-state index is -0.327. The van der Waals surface area contributed by atoms with Gasteiger partial charge >= 0.3 is 12.1 Å². The van der Waals surface area contributed by atoms with Gasteiger partial charge in [0.1, 0.15) is 0 Å². The normalized spacial score (nSPS) is 28.6. The van der Waals surface area contributed by atoms with E-state index in [4.69, 9.17) is 9.47 Å². The van der Waals surface area contributed by atoms with Crippen LogP contribution < -0.4 is 0 Å². The molecule has 2 aliphatic rings. The Morgan fingerprint density at radius 1 is 1.30 bits per heavy atom. The van der Waals surface area contributed by atoms with Gasteiger partial charge in [-0.25, -0.2) is 4.79 Å². The van der Waals surface area contributed by atoms with Gasteiger partial charge in [0, 0.05) is 19.5 Å². The number of carbonyl (C=O) groups is 2. The zero-order valence-corrected chi connectivity index (χ0v) is 12.0. The van der Waals surface area contributed by atoms with Crippen LogP contribution in [-0.4, -0.2) is 36.7 Å². The van der Waals surface area contributed by atoms with Gasteiger partial charge in [0.05, 0.1) is 12.9 Å². The van der Waals surface area contributed by atoms with E-state index in [9.17, 15) is 9.59 Å². The Morgan fingerprint density at radius 2 is 1.95 bits per heavy atom. The number of ether oxygens (including phenoxy) is 2. The molecule has 2 atom stereocenters. The Kier molecular flexibility index (Phi) is 5.04.